The van der Waals surface area contributed by atoms with Crippen molar-refractivity contribution >= 4 is 16.9 Å². The molecule has 1 fully saturated rings. The molecule has 0 saturated carbocycles. The Labute approximate surface area is 125 Å². The van der Waals surface area contributed by atoms with E-state index >= 15 is 0 Å². The number of hydrogen-bond acceptors (Lipinski definition) is 2. The summed E-state index contributed by atoms with van der Waals surface area (Å²) in [6.07, 6.45) is 5.98. The van der Waals surface area contributed by atoms with E-state index in [1.54, 1.807) is 0 Å². The van der Waals surface area contributed by atoms with Gasteiger partial charge in [0, 0.05) is 26.1 Å². The van der Waals surface area contributed by atoms with Gasteiger partial charge in [0.1, 0.15) is 0 Å². The molecule has 21 heavy (non-hydrogen) atoms. The fourth-order valence-electron chi connectivity index (χ4n) is 3.01. The number of piperidine rings is 1. The van der Waals surface area contributed by atoms with Crippen molar-refractivity contribution in [2.45, 2.75) is 46.1 Å². The molecule has 4 nitrogen and oxygen atoms in total. The van der Waals surface area contributed by atoms with Crippen LogP contribution in [0.4, 0.5) is 0 Å². The molecule has 1 saturated heterocycles. The van der Waals surface area contributed by atoms with E-state index in [4.69, 9.17) is 0 Å². The third-order valence-corrected chi connectivity index (χ3v) is 4.51. The number of rotatable bonds is 3. The van der Waals surface area contributed by atoms with Gasteiger partial charge in [0.2, 0.25) is 5.91 Å². The highest BCUT2D eigenvalue weighted by Gasteiger charge is 2.16. The summed E-state index contributed by atoms with van der Waals surface area (Å²) < 4.78 is 2.10. The first-order valence-electron chi connectivity index (χ1n) is 7.85. The van der Waals surface area contributed by atoms with Crippen LogP contribution in [-0.2, 0) is 11.3 Å². The summed E-state index contributed by atoms with van der Waals surface area (Å²) in [7, 11) is 0. The van der Waals surface area contributed by atoms with E-state index in [0.29, 0.717) is 13.0 Å². The maximum Gasteiger partial charge on any atom is 0.224 e. The first-order valence-corrected chi connectivity index (χ1v) is 7.85. The van der Waals surface area contributed by atoms with Gasteiger partial charge < -0.3 is 9.47 Å². The second-order valence-electron chi connectivity index (χ2n) is 6.05. The Bertz CT molecular complexity index is 653. The first kappa shape index (κ1) is 14.1. The van der Waals surface area contributed by atoms with Gasteiger partial charge in [-0.05, 0) is 56.4 Å². The van der Waals surface area contributed by atoms with E-state index in [1.807, 2.05) is 11.2 Å². The van der Waals surface area contributed by atoms with Gasteiger partial charge in [0.25, 0.3) is 0 Å². The fraction of sp³-hybridized carbons (Fsp3) is 0.529. The number of aromatic nitrogens is 2. The maximum absolute atomic E-state index is 12.2. The summed E-state index contributed by atoms with van der Waals surface area (Å²) in [5.41, 5.74) is 4.68. The van der Waals surface area contributed by atoms with Crippen LogP contribution in [0.5, 0.6) is 0 Å². The highest BCUT2D eigenvalue weighted by atomic mass is 16.2. The number of fused-ring (bicyclic) bond motifs is 1. The highest BCUT2D eigenvalue weighted by Crippen LogP contribution is 2.19. The van der Waals surface area contributed by atoms with Gasteiger partial charge in [-0.2, -0.15) is 0 Å². The van der Waals surface area contributed by atoms with Crippen LogP contribution >= 0.6 is 0 Å². The van der Waals surface area contributed by atoms with Gasteiger partial charge in [0.15, 0.2) is 0 Å². The number of amides is 1. The van der Waals surface area contributed by atoms with Crippen LogP contribution in [-0.4, -0.2) is 33.4 Å². The molecule has 0 N–H and O–H groups in total. The van der Waals surface area contributed by atoms with Crippen LogP contribution in [0.2, 0.25) is 0 Å². The van der Waals surface area contributed by atoms with Crippen molar-refractivity contribution in [3.63, 3.8) is 0 Å². The zero-order valence-corrected chi connectivity index (χ0v) is 12.9. The Morgan fingerprint density at radius 3 is 2.62 bits per heavy atom. The summed E-state index contributed by atoms with van der Waals surface area (Å²) in [5, 5.41) is 0. The smallest absolute Gasteiger partial charge is 0.224 e. The van der Waals surface area contributed by atoms with E-state index in [-0.39, 0.29) is 5.91 Å². The van der Waals surface area contributed by atoms with Crippen LogP contribution in [0, 0.1) is 13.8 Å². The molecule has 0 unspecified atom stereocenters. The lowest BCUT2D eigenvalue weighted by molar-refractivity contribution is -0.132. The second-order valence-corrected chi connectivity index (χ2v) is 6.05. The topological polar surface area (TPSA) is 38.1 Å². The molecule has 112 valence electrons. The Kier molecular flexibility index (Phi) is 3.95. The van der Waals surface area contributed by atoms with Gasteiger partial charge in [0.05, 0.1) is 17.4 Å². The van der Waals surface area contributed by atoms with Crippen LogP contribution in [0.1, 0.15) is 36.8 Å². The average molecular weight is 285 g/mol. The third-order valence-electron chi connectivity index (χ3n) is 4.51. The summed E-state index contributed by atoms with van der Waals surface area (Å²) >= 11 is 0. The predicted octanol–water partition coefficient (Wildman–Crippen LogP) is 3.06. The molecule has 1 aromatic carbocycles. The van der Waals surface area contributed by atoms with E-state index in [2.05, 4.69) is 35.5 Å². The number of carbonyl (C=O) groups excluding carboxylic acids is 1. The molecular weight excluding hydrogens is 262 g/mol. The number of benzene rings is 1. The van der Waals surface area contributed by atoms with Crippen molar-refractivity contribution in [1.29, 1.82) is 0 Å². The SMILES string of the molecule is Cc1cc2ncn(CCC(=O)N3CCCCC3)c2cc1C. The van der Waals surface area contributed by atoms with E-state index in [1.165, 1.54) is 17.5 Å². The summed E-state index contributed by atoms with van der Waals surface area (Å²) in [6, 6.07) is 4.29. The van der Waals surface area contributed by atoms with Gasteiger partial charge in [-0.1, -0.05) is 0 Å². The standard InChI is InChI=1S/C17H23N3O/c1-13-10-15-16(11-14(13)2)20(12-18-15)9-6-17(21)19-7-4-3-5-8-19/h10-12H,3-9H2,1-2H3. The quantitative estimate of drug-likeness (QED) is 0.869. The first-order chi connectivity index (χ1) is 10.1. The van der Waals surface area contributed by atoms with Gasteiger partial charge in [-0.15, -0.1) is 0 Å². The largest absolute Gasteiger partial charge is 0.343 e. The molecule has 0 aliphatic carbocycles. The van der Waals surface area contributed by atoms with Gasteiger partial charge in [-0.3, -0.25) is 4.79 Å². The molecule has 1 aromatic heterocycles. The average Bonchev–Trinajstić information content (AvgIpc) is 2.88. The number of hydrogen-bond donors (Lipinski definition) is 0. The minimum Gasteiger partial charge on any atom is -0.343 e. The lowest BCUT2D eigenvalue weighted by atomic mass is 10.1. The zero-order chi connectivity index (χ0) is 14.8. The molecule has 3 rings (SSSR count). The van der Waals surface area contributed by atoms with Gasteiger partial charge >= 0.3 is 0 Å². The molecule has 1 aliphatic rings. The van der Waals surface area contributed by atoms with Gasteiger partial charge in [-0.25, -0.2) is 4.98 Å². The molecule has 0 spiro atoms. The van der Waals surface area contributed by atoms with Crippen molar-refractivity contribution < 1.29 is 4.79 Å². The van der Waals surface area contributed by atoms with Crippen molar-refractivity contribution in [1.82, 2.24) is 14.5 Å². The second kappa shape index (κ2) is 5.88. The number of imidazole rings is 1. The summed E-state index contributed by atoms with van der Waals surface area (Å²) in [6.45, 7) is 6.80. The van der Waals surface area contributed by atoms with Crippen LogP contribution in [0.3, 0.4) is 0 Å². The zero-order valence-electron chi connectivity index (χ0n) is 12.9. The minimum atomic E-state index is 0.278. The highest BCUT2D eigenvalue weighted by molar-refractivity contribution is 5.78. The summed E-state index contributed by atoms with van der Waals surface area (Å²) in [5.74, 6) is 0.278. The number of carbonyl (C=O) groups is 1. The van der Waals surface area contributed by atoms with Crippen molar-refractivity contribution in [2.75, 3.05) is 13.1 Å². The molecular formula is C17H23N3O. The molecule has 4 heteroatoms. The number of nitrogens with zero attached hydrogens (tertiary/aromatic N) is 3. The lowest BCUT2D eigenvalue weighted by Crippen LogP contribution is -2.35. The molecule has 0 radical (unpaired) electrons. The Hall–Kier alpha value is -1.84. The Balaban J connectivity index is 1.70. The van der Waals surface area contributed by atoms with Crippen molar-refractivity contribution in [2.24, 2.45) is 0 Å². The van der Waals surface area contributed by atoms with Crippen molar-refractivity contribution in [3.05, 3.63) is 29.6 Å². The fourth-order valence-corrected chi connectivity index (χ4v) is 3.01. The molecule has 0 bridgehead atoms. The Morgan fingerprint density at radius 2 is 1.86 bits per heavy atom. The molecule has 1 aliphatic heterocycles. The number of likely N-dealkylation sites (tertiary alicyclic amines) is 1. The minimum absolute atomic E-state index is 0.278. The van der Waals surface area contributed by atoms with E-state index < -0.39 is 0 Å². The molecule has 2 aromatic rings. The predicted molar refractivity (Wildman–Crippen MR) is 84.3 cm³/mol. The van der Waals surface area contributed by atoms with Crippen molar-refractivity contribution in [3.8, 4) is 0 Å². The van der Waals surface area contributed by atoms with Crippen LogP contribution in [0.25, 0.3) is 11.0 Å². The molecule has 1 amide bonds. The normalized spacial score (nSPS) is 15.6. The lowest BCUT2D eigenvalue weighted by Gasteiger charge is -2.26. The molecule has 2 heterocycles. The van der Waals surface area contributed by atoms with E-state index in [0.717, 1.165) is 37.0 Å². The summed E-state index contributed by atoms with van der Waals surface area (Å²) in [4.78, 5) is 18.7. The maximum atomic E-state index is 12.2. The van der Waals surface area contributed by atoms with Crippen LogP contribution < -0.4 is 0 Å². The molecule has 0 atom stereocenters. The van der Waals surface area contributed by atoms with Crippen LogP contribution in [0.15, 0.2) is 18.5 Å². The Morgan fingerprint density at radius 1 is 1.14 bits per heavy atom. The van der Waals surface area contributed by atoms with E-state index in [9.17, 15) is 4.79 Å². The third kappa shape index (κ3) is 2.94. The monoisotopic (exact) mass is 285 g/mol. The number of aryl methyl sites for hydroxylation is 3.